The molecule has 29 heavy (non-hydrogen) atoms. The highest BCUT2D eigenvalue weighted by molar-refractivity contribution is 5.92. The first-order valence-corrected chi connectivity index (χ1v) is 9.34. The fourth-order valence-electron chi connectivity index (χ4n) is 2.77. The van der Waals surface area contributed by atoms with Crippen LogP contribution in [-0.2, 0) is 27.2 Å². The molecule has 156 valence electrons. The van der Waals surface area contributed by atoms with Gasteiger partial charge in [0.25, 0.3) is 5.91 Å². The molecule has 2 rings (SSSR count). The average molecular weight is 401 g/mol. The molecule has 0 aliphatic rings. The number of anilines is 1. The number of benzene rings is 2. The first kappa shape index (κ1) is 22.1. The number of hydrogen-bond donors (Lipinski definition) is 1. The Morgan fingerprint density at radius 3 is 2.03 bits per heavy atom. The molecule has 0 aliphatic heterocycles. The highest BCUT2D eigenvalue weighted by Gasteiger charge is 2.14. The van der Waals surface area contributed by atoms with E-state index >= 15 is 0 Å². The van der Waals surface area contributed by atoms with Crippen molar-refractivity contribution in [2.24, 2.45) is 0 Å². The fourth-order valence-corrected chi connectivity index (χ4v) is 2.77. The first-order chi connectivity index (χ1) is 14.0. The average Bonchev–Trinajstić information content (AvgIpc) is 2.75. The topological polar surface area (TPSA) is 83.1 Å². The van der Waals surface area contributed by atoms with E-state index in [0.29, 0.717) is 29.4 Å². The molecule has 7 heteroatoms. The SMILES string of the molecule is CCc1ccc(NC(=O)COC(=O)CCc2cc(OC)c(OC)c(OC)c2)cc1. The zero-order valence-corrected chi connectivity index (χ0v) is 17.2. The molecule has 0 aromatic heterocycles. The second-order valence-electron chi connectivity index (χ2n) is 6.29. The molecule has 2 aromatic carbocycles. The van der Waals surface area contributed by atoms with Gasteiger partial charge in [0.15, 0.2) is 18.1 Å². The summed E-state index contributed by atoms with van der Waals surface area (Å²) in [4.78, 5) is 23.9. The van der Waals surface area contributed by atoms with E-state index in [4.69, 9.17) is 18.9 Å². The van der Waals surface area contributed by atoms with E-state index in [1.54, 1.807) is 12.1 Å². The normalized spacial score (nSPS) is 10.2. The predicted molar refractivity (Wildman–Crippen MR) is 110 cm³/mol. The van der Waals surface area contributed by atoms with E-state index in [2.05, 4.69) is 12.2 Å². The highest BCUT2D eigenvalue weighted by atomic mass is 16.5. The number of hydrogen-bond acceptors (Lipinski definition) is 6. The summed E-state index contributed by atoms with van der Waals surface area (Å²) in [6, 6.07) is 11.1. The van der Waals surface area contributed by atoms with Gasteiger partial charge in [-0.3, -0.25) is 9.59 Å². The maximum atomic E-state index is 12.0. The maximum Gasteiger partial charge on any atom is 0.306 e. The fraction of sp³-hybridized carbons (Fsp3) is 0.364. The van der Waals surface area contributed by atoms with Crippen molar-refractivity contribution < 1.29 is 28.5 Å². The quantitative estimate of drug-likeness (QED) is 0.615. The molecule has 1 amide bonds. The number of methoxy groups -OCH3 is 3. The Balaban J connectivity index is 1.84. The van der Waals surface area contributed by atoms with Gasteiger partial charge in [0.2, 0.25) is 5.75 Å². The summed E-state index contributed by atoms with van der Waals surface area (Å²) >= 11 is 0. The standard InChI is InChI=1S/C22H27NO6/c1-5-15-6-9-17(10-7-15)23-20(24)14-29-21(25)11-8-16-12-18(26-2)22(28-4)19(13-16)27-3/h6-7,9-10,12-13H,5,8,11,14H2,1-4H3,(H,23,24). The van der Waals surface area contributed by atoms with Gasteiger partial charge in [-0.25, -0.2) is 0 Å². The molecule has 0 saturated heterocycles. The Morgan fingerprint density at radius 1 is 0.897 bits per heavy atom. The van der Waals surface area contributed by atoms with Crippen LogP contribution in [0.5, 0.6) is 17.2 Å². The van der Waals surface area contributed by atoms with E-state index in [0.717, 1.165) is 12.0 Å². The number of carbonyl (C=O) groups is 2. The zero-order chi connectivity index (χ0) is 21.2. The van der Waals surface area contributed by atoms with Crippen molar-refractivity contribution in [2.75, 3.05) is 33.3 Å². The summed E-state index contributed by atoms with van der Waals surface area (Å²) in [5, 5.41) is 2.70. The Kier molecular flexibility index (Phi) is 8.33. The maximum absolute atomic E-state index is 12.0. The largest absolute Gasteiger partial charge is 0.493 e. The van der Waals surface area contributed by atoms with Crippen molar-refractivity contribution in [3.8, 4) is 17.2 Å². The number of ether oxygens (including phenoxy) is 4. The molecule has 0 aliphatic carbocycles. The van der Waals surface area contributed by atoms with Gasteiger partial charge in [-0.05, 0) is 48.2 Å². The van der Waals surface area contributed by atoms with Gasteiger partial charge in [0, 0.05) is 12.1 Å². The van der Waals surface area contributed by atoms with E-state index in [9.17, 15) is 9.59 Å². The molecule has 0 saturated carbocycles. The van der Waals surface area contributed by atoms with Crippen molar-refractivity contribution in [1.82, 2.24) is 0 Å². The Bertz CT molecular complexity index is 807. The second kappa shape index (κ2) is 10.9. The summed E-state index contributed by atoms with van der Waals surface area (Å²) in [6.07, 6.45) is 1.46. The van der Waals surface area contributed by atoms with Crippen LogP contribution in [0.1, 0.15) is 24.5 Å². The van der Waals surface area contributed by atoms with Crippen LogP contribution in [0.25, 0.3) is 0 Å². The number of esters is 1. The molecule has 0 fully saturated rings. The van der Waals surface area contributed by atoms with Crippen LogP contribution in [-0.4, -0.2) is 39.8 Å². The first-order valence-electron chi connectivity index (χ1n) is 9.34. The van der Waals surface area contributed by atoms with Gasteiger partial charge < -0.3 is 24.3 Å². The third-order valence-corrected chi connectivity index (χ3v) is 4.35. The lowest BCUT2D eigenvalue weighted by molar-refractivity contribution is -0.147. The van der Waals surface area contributed by atoms with Crippen LogP contribution >= 0.6 is 0 Å². The lowest BCUT2D eigenvalue weighted by Crippen LogP contribution is -2.21. The summed E-state index contributed by atoms with van der Waals surface area (Å²) in [6.45, 7) is 1.73. The minimum Gasteiger partial charge on any atom is -0.493 e. The summed E-state index contributed by atoms with van der Waals surface area (Å²) in [5.41, 5.74) is 2.68. The van der Waals surface area contributed by atoms with Gasteiger partial charge in [-0.1, -0.05) is 19.1 Å². The van der Waals surface area contributed by atoms with Crippen molar-refractivity contribution in [1.29, 1.82) is 0 Å². The number of amides is 1. The Hall–Kier alpha value is -3.22. The lowest BCUT2D eigenvalue weighted by Gasteiger charge is -2.14. The minimum atomic E-state index is -0.463. The van der Waals surface area contributed by atoms with E-state index in [1.807, 2.05) is 24.3 Å². The van der Waals surface area contributed by atoms with Crippen LogP contribution in [0.4, 0.5) is 5.69 Å². The molecule has 0 spiro atoms. The molecule has 0 unspecified atom stereocenters. The second-order valence-corrected chi connectivity index (χ2v) is 6.29. The predicted octanol–water partition coefficient (Wildman–Crippen LogP) is 3.39. The van der Waals surface area contributed by atoms with Crippen molar-refractivity contribution in [3.63, 3.8) is 0 Å². The van der Waals surface area contributed by atoms with Crippen LogP contribution in [0.15, 0.2) is 36.4 Å². The minimum absolute atomic E-state index is 0.122. The summed E-state index contributed by atoms with van der Waals surface area (Å²) < 4.78 is 20.9. The van der Waals surface area contributed by atoms with Gasteiger partial charge in [0.05, 0.1) is 21.3 Å². The number of carbonyl (C=O) groups excluding carboxylic acids is 2. The van der Waals surface area contributed by atoms with Gasteiger partial charge >= 0.3 is 5.97 Å². The third kappa shape index (κ3) is 6.41. The Morgan fingerprint density at radius 2 is 1.52 bits per heavy atom. The molecular formula is C22H27NO6. The smallest absolute Gasteiger partial charge is 0.306 e. The summed E-state index contributed by atoms with van der Waals surface area (Å²) in [5.74, 6) is 0.683. The van der Waals surface area contributed by atoms with Crippen molar-refractivity contribution >= 4 is 17.6 Å². The van der Waals surface area contributed by atoms with Gasteiger partial charge in [-0.2, -0.15) is 0 Å². The molecule has 0 heterocycles. The monoisotopic (exact) mass is 401 g/mol. The van der Waals surface area contributed by atoms with Crippen LogP contribution in [0.3, 0.4) is 0 Å². The molecule has 0 radical (unpaired) electrons. The molecule has 7 nitrogen and oxygen atoms in total. The van der Waals surface area contributed by atoms with Gasteiger partial charge in [-0.15, -0.1) is 0 Å². The number of rotatable bonds is 10. The Labute approximate surface area is 170 Å². The molecule has 2 aromatic rings. The van der Waals surface area contributed by atoms with Crippen LogP contribution in [0.2, 0.25) is 0 Å². The van der Waals surface area contributed by atoms with Crippen LogP contribution < -0.4 is 19.5 Å². The highest BCUT2D eigenvalue weighted by Crippen LogP contribution is 2.38. The molecule has 0 bridgehead atoms. The molecule has 1 N–H and O–H groups in total. The number of nitrogens with one attached hydrogen (secondary N) is 1. The molecule has 0 atom stereocenters. The lowest BCUT2D eigenvalue weighted by atomic mass is 10.1. The van der Waals surface area contributed by atoms with Crippen molar-refractivity contribution in [2.45, 2.75) is 26.2 Å². The van der Waals surface area contributed by atoms with Crippen LogP contribution in [0, 0.1) is 0 Å². The van der Waals surface area contributed by atoms with E-state index in [1.165, 1.54) is 26.9 Å². The zero-order valence-electron chi connectivity index (χ0n) is 17.2. The number of aryl methyl sites for hydroxylation is 2. The van der Waals surface area contributed by atoms with Crippen molar-refractivity contribution in [3.05, 3.63) is 47.5 Å². The van der Waals surface area contributed by atoms with E-state index in [-0.39, 0.29) is 18.9 Å². The summed E-state index contributed by atoms with van der Waals surface area (Å²) in [7, 11) is 4.59. The van der Waals surface area contributed by atoms with Gasteiger partial charge in [0.1, 0.15) is 0 Å². The molecular weight excluding hydrogens is 374 g/mol. The van der Waals surface area contributed by atoms with E-state index < -0.39 is 5.97 Å². The third-order valence-electron chi connectivity index (χ3n) is 4.35.